The number of anilines is 3. The van der Waals surface area contributed by atoms with Gasteiger partial charge in [-0.1, -0.05) is 84.9 Å². The number of benzene rings is 5. The highest BCUT2D eigenvalue weighted by Gasteiger charge is 2.16. The third kappa shape index (κ3) is 3.62. The van der Waals surface area contributed by atoms with Crippen molar-refractivity contribution in [2.45, 2.75) is 0 Å². The number of hydrogen-bond acceptors (Lipinski definition) is 3. The molecular weight excluding hydrogens is 456 g/mol. The van der Waals surface area contributed by atoms with E-state index in [9.17, 15) is 0 Å². The van der Waals surface area contributed by atoms with Crippen molar-refractivity contribution >= 4 is 59.5 Å². The Morgan fingerprint density at radius 1 is 0.500 bits per heavy atom. The molecule has 0 atom stereocenters. The minimum atomic E-state index is 0.911. The lowest BCUT2D eigenvalue weighted by molar-refractivity contribution is 1.19. The lowest BCUT2D eigenvalue weighted by atomic mass is 10.0. The molecule has 5 aromatic carbocycles. The SMILES string of the molecule is c1ccc(-c2ccc(N(c3ccccc3)c3cc4c(cn3)sc3cc5ccccc5cc34)cc2)cc1. The molecule has 0 N–H and O–H groups in total. The Morgan fingerprint density at radius 2 is 1.08 bits per heavy atom. The van der Waals surface area contributed by atoms with Crippen LogP contribution in [0, 0.1) is 0 Å². The smallest absolute Gasteiger partial charge is 0.138 e. The van der Waals surface area contributed by atoms with Gasteiger partial charge in [0.25, 0.3) is 0 Å². The van der Waals surface area contributed by atoms with Gasteiger partial charge in [0, 0.05) is 33.0 Å². The van der Waals surface area contributed by atoms with Crippen molar-refractivity contribution in [3.05, 3.63) is 134 Å². The summed E-state index contributed by atoms with van der Waals surface area (Å²) in [5.74, 6) is 0.911. The van der Waals surface area contributed by atoms with Crippen LogP contribution in [-0.4, -0.2) is 4.98 Å². The molecule has 0 radical (unpaired) electrons. The number of aromatic nitrogens is 1. The Hall–Kier alpha value is -4.47. The zero-order valence-corrected chi connectivity index (χ0v) is 20.3. The molecule has 0 saturated heterocycles. The van der Waals surface area contributed by atoms with E-state index in [0.717, 1.165) is 17.2 Å². The summed E-state index contributed by atoms with van der Waals surface area (Å²) in [5.41, 5.74) is 4.58. The van der Waals surface area contributed by atoms with E-state index < -0.39 is 0 Å². The molecular formula is C33H22N2S. The number of nitrogens with zero attached hydrogens (tertiary/aromatic N) is 2. The summed E-state index contributed by atoms with van der Waals surface area (Å²) in [7, 11) is 0. The van der Waals surface area contributed by atoms with Crippen LogP contribution in [0.1, 0.15) is 0 Å². The second kappa shape index (κ2) is 8.63. The molecule has 0 amide bonds. The van der Waals surface area contributed by atoms with E-state index in [4.69, 9.17) is 4.98 Å². The van der Waals surface area contributed by atoms with Gasteiger partial charge in [0.15, 0.2) is 0 Å². The topological polar surface area (TPSA) is 16.1 Å². The van der Waals surface area contributed by atoms with Gasteiger partial charge >= 0.3 is 0 Å². The van der Waals surface area contributed by atoms with Crippen molar-refractivity contribution in [3.8, 4) is 11.1 Å². The van der Waals surface area contributed by atoms with Crippen LogP contribution in [0.5, 0.6) is 0 Å². The first-order valence-corrected chi connectivity index (χ1v) is 12.9. The van der Waals surface area contributed by atoms with Gasteiger partial charge in [0.2, 0.25) is 0 Å². The maximum Gasteiger partial charge on any atom is 0.138 e. The fraction of sp³-hybridized carbons (Fsp3) is 0. The first kappa shape index (κ1) is 20.9. The summed E-state index contributed by atoms with van der Waals surface area (Å²) in [5, 5.41) is 5.06. The van der Waals surface area contributed by atoms with Crippen molar-refractivity contribution in [2.24, 2.45) is 0 Å². The summed E-state index contributed by atoms with van der Waals surface area (Å²) in [6.45, 7) is 0. The van der Waals surface area contributed by atoms with Gasteiger partial charge in [0.05, 0.1) is 4.70 Å². The minimum Gasteiger partial charge on any atom is -0.295 e. The second-order valence-corrected chi connectivity index (χ2v) is 10.0. The first-order valence-electron chi connectivity index (χ1n) is 12.1. The molecule has 0 aliphatic rings. The van der Waals surface area contributed by atoms with E-state index in [2.05, 4.69) is 120 Å². The van der Waals surface area contributed by atoms with Gasteiger partial charge in [-0.2, -0.15) is 0 Å². The lowest BCUT2D eigenvalue weighted by Crippen LogP contribution is -2.11. The number of fused-ring (bicyclic) bond motifs is 4. The predicted molar refractivity (Wildman–Crippen MR) is 155 cm³/mol. The van der Waals surface area contributed by atoms with Crippen molar-refractivity contribution in [2.75, 3.05) is 4.90 Å². The molecule has 0 unspecified atom stereocenters. The molecule has 0 fully saturated rings. The standard InChI is InChI=1S/C33H22N2S/c1-3-9-23(10-4-1)24-15-17-28(18-16-24)35(27-13-5-2-6-14-27)33-21-30-29-19-25-11-7-8-12-26(25)20-31(29)36-32(30)22-34-33/h1-22H. The summed E-state index contributed by atoms with van der Waals surface area (Å²) < 4.78 is 2.50. The highest BCUT2D eigenvalue weighted by Crippen LogP contribution is 2.40. The van der Waals surface area contributed by atoms with E-state index in [0.29, 0.717) is 0 Å². The van der Waals surface area contributed by atoms with Crippen LogP contribution in [0.3, 0.4) is 0 Å². The van der Waals surface area contributed by atoms with Crippen molar-refractivity contribution in [3.63, 3.8) is 0 Å². The number of thiophene rings is 1. The van der Waals surface area contributed by atoms with Gasteiger partial charge in [-0.15, -0.1) is 11.3 Å². The van der Waals surface area contributed by atoms with Crippen LogP contribution in [0.2, 0.25) is 0 Å². The Balaban J connectivity index is 1.39. The Bertz CT molecular complexity index is 1820. The summed E-state index contributed by atoms with van der Waals surface area (Å²) in [4.78, 5) is 7.18. The van der Waals surface area contributed by atoms with Crippen molar-refractivity contribution in [1.82, 2.24) is 4.98 Å². The number of pyridine rings is 1. The molecule has 3 heteroatoms. The maximum absolute atomic E-state index is 4.94. The summed E-state index contributed by atoms with van der Waals surface area (Å²) >= 11 is 1.81. The van der Waals surface area contributed by atoms with Gasteiger partial charge in [-0.25, -0.2) is 4.98 Å². The number of hydrogen-bond donors (Lipinski definition) is 0. The molecule has 2 heterocycles. The molecule has 0 aliphatic heterocycles. The van der Waals surface area contributed by atoms with E-state index in [1.807, 2.05) is 29.7 Å². The average molecular weight is 479 g/mol. The Morgan fingerprint density at radius 3 is 1.83 bits per heavy atom. The zero-order chi connectivity index (χ0) is 23.9. The van der Waals surface area contributed by atoms with E-state index >= 15 is 0 Å². The van der Waals surface area contributed by atoms with Crippen LogP contribution < -0.4 is 4.90 Å². The largest absolute Gasteiger partial charge is 0.295 e. The fourth-order valence-corrected chi connectivity index (χ4v) is 5.99. The number of para-hydroxylation sites is 1. The minimum absolute atomic E-state index is 0.911. The normalized spacial score (nSPS) is 11.3. The third-order valence-corrected chi connectivity index (χ3v) is 7.79. The molecule has 36 heavy (non-hydrogen) atoms. The van der Waals surface area contributed by atoms with Gasteiger partial charge in [0.1, 0.15) is 5.82 Å². The molecule has 7 rings (SSSR count). The molecule has 7 aromatic rings. The zero-order valence-electron chi connectivity index (χ0n) is 19.5. The van der Waals surface area contributed by atoms with Crippen LogP contribution >= 0.6 is 11.3 Å². The van der Waals surface area contributed by atoms with Gasteiger partial charge < -0.3 is 0 Å². The highest BCUT2D eigenvalue weighted by atomic mass is 32.1. The van der Waals surface area contributed by atoms with E-state index in [-0.39, 0.29) is 0 Å². The first-order chi connectivity index (χ1) is 17.8. The third-order valence-electron chi connectivity index (χ3n) is 6.69. The van der Waals surface area contributed by atoms with Crippen molar-refractivity contribution in [1.29, 1.82) is 0 Å². The molecule has 0 bridgehead atoms. The molecule has 0 aliphatic carbocycles. The summed E-state index contributed by atoms with van der Waals surface area (Å²) in [6, 6.07) is 45.1. The van der Waals surface area contributed by atoms with E-state index in [1.54, 1.807) is 0 Å². The quantitative estimate of drug-likeness (QED) is 0.250. The van der Waals surface area contributed by atoms with Gasteiger partial charge in [-0.05, 0) is 64.4 Å². The fourth-order valence-electron chi connectivity index (χ4n) is 4.90. The number of rotatable bonds is 4. The monoisotopic (exact) mass is 478 g/mol. The molecule has 2 aromatic heterocycles. The van der Waals surface area contributed by atoms with Gasteiger partial charge in [-0.3, -0.25) is 4.90 Å². The lowest BCUT2D eigenvalue weighted by Gasteiger charge is -2.24. The molecule has 0 spiro atoms. The second-order valence-electron chi connectivity index (χ2n) is 8.92. The molecule has 170 valence electrons. The average Bonchev–Trinajstić information content (AvgIpc) is 3.30. The molecule has 2 nitrogen and oxygen atoms in total. The summed E-state index contributed by atoms with van der Waals surface area (Å²) in [6.07, 6.45) is 2.02. The Kier molecular flexibility index (Phi) is 5.00. The van der Waals surface area contributed by atoms with Crippen LogP contribution in [0.25, 0.3) is 42.1 Å². The highest BCUT2D eigenvalue weighted by molar-refractivity contribution is 7.25. The van der Waals surface area contributed by atoms with Crippen LogP contribution in [0.4, 0.5) is 17.2 Å². The van der Waals surface area contributed by atoms with Crippen molar-refractivity contribution < 1.29 is 0 Å². The van der Waals surface area contributed by atoms with Crippen LogP contribution in [0.15, 0.2) is 134 Å². The maximum atomic E-state index is 4.94. The molecule has 0 saturated carbocycles. The van der Waals surface area contributed by atoms with E-state index in [1.165, 1.54) is 42.1 Å². The van der Waals surface area contributed by atoms with Crippen LogP contribution in [-0.2, 0) is 0 Å². The Labute approximate surface area is 213 Å². The predicted octanol–water partition coefficient (Wildman–Crippen LogP) is 9.74.